The molecule has 1 heterocycles. The van der Waals surface area contributed by atoms with Crippen molar-refractivity contribution in [2.45, 2.75) is 91.6 Å². The number of carbonyl (C=O) groups excluding carboxylic acids is 4. The highest BCUT2D eigenvalue weighted by molar-refractivity contribution is 6.02. The van der Waals surface area contributed by atoms with Crippen molar-refractivity contribution in [3.8, 4) is 6.07 Å². The Morgan fingerprint density at radius 1 is 1.09 bits per heavy atom. The predicted octanol–water partition coefficient (Wildman–Crippen LogP) is 3.96. The highest BCUT2D eigenvalue weighted by Crippen LogP contribution is 2.74. The molecule has 5 aliphatic rings. The number of aliphatic hydroxyl groups is 1. The predicted molar refractivity (Wildman–Crippen MR) is 170 cm³/mol. The van der Waals surface area contributed by atoms with Crippen molar-refractivity contribution in [1.82, 2.24) is 20.4 Å². The fraction of sp³-hybridized carbons (Fsp3) is 0.667. The third-order valence-corrected chi connectivity index (χ3v) is 13.7. The van der Waals surface area contributed by atoms with Gasteiger partial charge in [-0.25, -0.2) is 0 Å². The molecule has 8 atom stereocenters. The topological polar surface area (TPSA) is 154 Å². The van der Waals surface area contributed by atoms with Crippen LogP contribution in [-0.4, -0.2) is 57.0 Å². The molecule has 0 aliphatic heterocycles. The highest BCUT2D eigenvalue weighted by atomic mass is 16.3. The van der Waals surface area contributed by atoms with E-state index < -0.39 is 21.8 Å². The van der Waals surface area contributed by atoms with E-state index in [9.17, 15) is 29.5 Å². The van der Waals surface area contributed by atoms with Crippen LogP contribution in [0.15, 0.2) is 35.6 Å². The maximum atomic E-state index is 14.5. The lowest BCUT2D eigenvalue weighted by molar-refractivity contribution is -0.242. The van der Waals surface area contributed by atoms with Gasteiger partial charge >= 0.3 is 0 Å². The van der Waals surface area contributed by atoms with Crippen molar-refractivity contribution in [3.63, 3.8) is 0 Å². The zero-order valence-electron chi connectivity index (χ0n) is 28.0. The van der Waals surface area contributed by atoms with E-state index in [-0.39, 0.29) is 58.2 Å². The number of rotatable bonds is 5. The molecule has 2 amide bonds. The second-order valence-electron chi connectivity index (χ2n) is 16.2. The molecule has 3 fully saturated rings. The Morgan fingerprint density at radius 3 is 2.48 bits per heavy atom. The van der Waals surface area contributed by atoms with Crippen LogP contribution in [0.4, 0.5) is 0 Å². The van der Waals surface area contributed by atoms with E-state index in [4.69, 9.17) is 0 Å². The lowest BCUT2D eigenvalue weighted by Crippen LogP contribution is -2.73. The quantitative estimate of drug-likeness (QED) is 0.445. The average Bonchev–Trinajstić information content (AvgIpc) is 3.45. The van der Waals surface area contributed by atoms with Gasteiger partial charge in [0.25, 0.3) is 5.91 Å². The van der Waals surface area contributed by atoms with Gasteiger partial charge in [0.2, 0.25) is 5.91 Å². The lowest BCUT2D eigenvalue weighted by atomic mass is 9.34. The fourth-order valence-corrected chi connectivity index (χ4v) is 10.3. The summed E-state index contributed by atoms with van der Waals surface area (Å²) in [5.74, 6) is -1.37. The average molecular weight is 630 g/mol. The van der Waals surface area contributed by atoms with Gasteiger partial charge in [0.05, 0.1) is 12.1 Å². The van der Waals surface area contributed by atoms with Crippen LogP contribution in [0.5, 0.6) is 0 Å². The Labute approximate surface area is 271 Å². The number of carbonyl (C=O) groups is 4. The summed E-state index contributed by atoms with van der Waals surface area (Å²) in [6.45, 7) is 10.9. The van der Waals surface area contributed by atoms with Gasteiger partial charge in [-0.2, -0.15) is 10.4 Å². The van der Waals surface area contributed by atoms with Gasteiger partial charge in [-0.1, -0.05) is 40.7 Å². The van der Waals surface area contributed by atoms with E-state index in [2.05, 4.69) is 56.4 Å². The SMILES string of the molecule is Cn1nccc1C(=O)NCC(=O)NC[C@@]1(C)CC[C@]2(C)CC[C@@]3(C)[C@]4(C)CC[C@H]5CC(=O)C(C#N)=C[C@]5(C)C4=CC(=O)[C@]3(O)[C@@H]2C1. The van der Waals surface area contributed by atoms with Crippen molar-refractivity contribution in [3.05, 3.63) is 41.3 Å². The molecule has 0 saturated heterocycles. The van der Waals surface area contributed by atoms with E-state index in [1.807, 2.05) is 0 Å². The van der Waals surface area contributed by atoms with Gasteiger partial charge in [-0.15, -0.1) is 0 Å². The van der Waals surface area contributed by atoms with Gasteiger partial charge in [0, 0.05) is 43.0 Å². The van der Waals surface area contributed by atoms with Gasteiger partial charge in [-0.05, 0) is 84.8 Å². The Balaban J connectivity index is 1.26. The van der Waals surface area contributed by atoms with Crippen molar-refractivity contribution >= 4 is 23.4 Å². The van der Waals surface area contributed by atoms with Crippen LogP contribution in [-0.2, 0) is 21.4 Å². The van der Waals surface area contributed by atoms with Crippen LogP contribution < -0.4 is 10.6 Å². The second kappa shape index (κ2) is 10.5. The molecule has 10 nitrogen and oxygen atoms in total. The number of amides is 2. The fourth-order valence-electron chi connectivity index (χ4n) is 10.3. The summed E-state index contributed by atoms with van der Waals surface area (Å²) < 4.78 is 1.45. The number of ketones is 2. The number of allylic oxidation sites excluding steroid dienone is 3. The minimum atomic E-state index is -1.60. The zero-order chi connectivity index (χ0) is 33.5. The third-order valence-electron chi connectivity index (χ3n) is 13.7. The number of nitrogens with one attached hydrogen (secondary N) is 2. The Bertz CT molecular complexity index is 1640. The molecule has 246 valence electrons. The van der Waals surface area contributed by atoms with Crippen LogP contribution in [0.1, 0.15) is 96.5 Å². The van der Waals surface area contributed by atoms with Crippen molar-refractivity contribution in [1.29, 1.82) is 5.26 Å². The monoisotopic (exact) mass is 629 g/mol. The summed E-state index contributed by atoms with van der Waals surface area (Å²) in [6, 6.07) is 3.68. The molecule has 1 aromatic heterocycles. The standard InChI is InChI=1S/C36H47N5O5/c1-31(21-39-29(44)20-38-30(45)24-8-14-40-41(24)6)10-11-32(2)12-13-35(5)34(4)9-7-23-15-25(42)22(19-37)17-33(23,3)26(34)16-28(43)36(35,46)27(32)18-31/h8,14,16-17,23,27,46H,7,9-13,15,18,20-21H2,1-6H3,(H,38,45)(H,39,44)/t23-,27+,31-,32+,33-,34+,35-,36+/m0/s1. The largest absolute Gasteiger partial charge is 0.381 e. The van der Waals surface area contributed by atoms with Gasteiger partial charge in [0.1, 0.15) is 17.4 Å². The van der Waals surface area contributed by atoms with Crippen molar-refractivity contribution in [2.75, 3.05) is 13.1 Å². The number of hydrogen-bond acceptors (Lipinski definition) is 7. The number of aromatic nitrogens is 2. The molecule has 0 unspecified atom stereocenters. The molecule has 1 aromatic rings. The summed E-state index contributed by atoms with van der Waals surface area (Å²) in [4.78, 5) is 52.5. The molecule has 46 heavy (non-hydrogen) atoms. The summed E-state index contributed by atoms with van der Waals surface area (Å²) in [6.07, 6.45) is 10.7. The molecule has 5 aliphatic carbocycles. The van der Waals surface area contributed by atoms with E-state index in [1.165, 1.54) is 10.9 Å². The van der Waals surface area contributed by atoms with Crippen LogP contribution >= 0.6 is 0 Å². The molecule has 10 heteroatoms. The number of hydrogen-bond donors (Lipinski definition) is 3. The molecule has 3 saturated carbocycles. The molecule has 3 N–H and O–H groups in total. The maximum absolute atomic E-state index is 14.5. The first-order chi connectivity index (χ1) is 21.5. The lowest BCUT2D eigenvalue weighted by Gasteiger charge is -2.71. The van der Waals surface area contributed by atoms with Crippen molar-refractivity contribution in [2.24, 2.45) is 46.0 Å². The smallest absolute Gasteiger partial charge is 0.269 e. The number of Topliss-reactive ketones (excluding diaryl/α,β-unsaturated/α-hetero) is 1. The first-order valence-corrected chi connectivity index (χ1v) is 16.6. The molecule has 0 radical (unpaired) electrons. The van der Waals surface area contributed by atoms with Gasteiger partial charge in [0.15, 0.2) is 11.6 Å². The van der Waals surface area contributed by atoms with E-state index in [0.717, 1.165) is 37.7 Å². The van der Waals surface area contributed by atoms with Crippen LogP contribution in [0.25, 0.3) is 0 Å². The minimum Gasteiger partial charge on any atom is -0.381 e. The van der Waals surface area contributed by atoms with E-state index in [1.54, 1.807) is 25.3 Å². The van der Waals surface area contributed by atoms with E-state index in [0.29, 0.717) is 31.5 Å². The zero-order valence-corrected chi connectivity index (χ0v) is 28.0. The molecule has 0 bridgehead atoms. The van der Waals surface area contributed by atoms with Crippen LogP contribution in [0.2, 0.25) is 0 Å². The minimum absolute atomic E-state index is 0.0170. The number of nitrogens with zero attached hydrogens (tertiary/aromatic N) is 3. The summed E-state index contributed by atoms with van der Waals surface area (Å²) >= 11 is 0. The highest BCUT2D eigenvalue weighted by Gasteiger charge is 2.74. The summed E-state index contributed by atoms with van der Waals surface area (Å²) in [7, 11) is 1.66. The normalized spacial score (nSPS) is 41.4. The van der Waals surface area contributed by atoms with Crippen LogP contribution in [0.3, 0.4) is 0 Å². The maximum Gasteiger partial charge on any atom is 0.269 e. The number of fused-ring (bicyclic) bond motifs is 7. The van der Waals surface area contributed by atoms with E-state index >= 15 is 0 Å². The van der Waals surface area contributed by atoms with Crippen molar-refractivity contribution < 1.29 is 24.3 Å². The first kappa shape index (κ1) is 32.4. The Kier molecular flexibility index (Phi) is 7.36. The number of aryl methyl sites for hydroxylation is 1. The molecular formula is C36H47N5O5. The van der Waals surface area contributed by atoms with Gasteiger partial charge in [-0.3, -0.25) is 23.9 Å². The first-order valence-electron chi connectivity index (χ1n) is 16.6. The number of nitriles is 1. The van der Waals surface area contributed by atoms with Gasteiger partial charge < -0.3 is 15.7 Å². The Hall–Kier alpha value is -3.58. The summed E-state index contributed by atoms with van der Waals surface area (Å²) in [5, 5.41) is 32.4. The molecule has 0 spiro atoms. The molecule has 6 rings (SSSR count). The Morgan fingerprint density at radius 2 is 1.80 bits per heavy atom. The third kappa shape index (κ3) is 4.40. The molecule has 0 aromatic carbocycles. The molecular weight excluding hydrogens is 582 g/mol. The summed E-state index contributed by atoms with van der Waals surface area (Å²) in [5.41, 5.74) is -2.57. The second-order valence-corrected chi connectivity index (χ2v) is 16.2. The van der Waals surface area contributed by atoms with Crippen LogP contribution in [0, 0.1) is 50.2 Å².